The third-order valence-corrected chi connectivity index (χ3v) is 3.46. The van der Waals surface area contributed by atoms with Crippen LogP contribution in [0.5, 0.6) is 5.75 Å². The molecule has 0 aromatic heterocycles. The van der Waals surface area contributed by atoms with Crippen molar-refractivity contribution in [2.45, 2.75) is 20.3 Å². The molecule has 0 spiro atoms. The molecule has 0 saturated heterocycles. The van der Waals surface area contributed by atoms with Crippen molar-refractivity contribution in [3.63, 3.8) is 0 Å². The summed E-state index contributed by atoms with van der Waals surface area (Å²) in [4.78, 5) is 23.3. The Hall–Kier alpha value is -2.89. The van der Waals surface area contributed by atoms with Crippen LogP contribution in [0.1, 0.15) is 29.8 Å². The molecule has 25 heavy (non-hydrogen) atoms. The van der Waals surface area contributed by atoms with Gasteiger partial charge in [0.05, 0.1) is 12.3 Å². The van der Waals surface area contributed by atoms with Crippen LogP contribution in [0.4, 0.5) is 10.1 Å². The standard InChI is InChI=1S/C19H21FN2O3/c1-3-25-18-9-4-14(12-17(18)22-13(2)23)10-11-21-19(24)15-5-7-16(20)8-6-15/h4-9,12H,3,10-11H2,1-2H3,(H,21,24)(H,22,23). The van der Waals surface area contributed by atoms with E-state index in [1.54, 1.807) is 6.07 Å². The molecule has 0 bridgehead atoms. The number of benzene rings is 2. The predicted molar refractivity (Wildman–Crippen MR) is 94.4 cm³/mol. The third kappa shape index (κ3) is 5.60. The highest BCUT2D eigenvalue weighted by molar-refractivity contribution is 5.94. The molecule has 5 nitrogen and oxygen atoms in total. The highest BCUT2D eigenvalue weighted by Crippen LogP contribution is 2.26. The van der Waals surface area contributed by atoms with Crippen LogP contribution in [0.2, 0.25) is 0 Å². The number of hydrogen-bond acceptors (Lipinski definition) is 3. The van der Waals surface area contributed by atoms with Gasteiger partial charge in [-0.3, -0.25) is 9.59 Å². The molecule has 0 aliphatic heterocycles. The molecule has 0 unspecified atom stereocenters. The van der Waals surface area contributed by atoms with E-state index in [0.29, 0.717) is 36.6 Å². The minimum atomic E-state index is -0.378. The van der Waals surface area contributed by atoms with Crippen molar-refractivity contribution in [1.82, 2.24) is 5.32 Å². The van der Waals surface area contributed by atoms with Crippen LogP contribution in [-0.4, -0.2) is 25.0 Å². The number of halogens is 1. The van der Waals surface area contributed by atoms with Crippen LogP contribution >= 0.6 is 0 Å². The zero-order valence-corrected chi connectivity index (χ0v) is 14.3. The summed E-state index contributed by atoms with van der Waals surface area (Å²) in [7, 11) is 0. The Morgan fingerprint density at radius 3 is 2.48 bits per heavy atom. The van der Waals surface area contributed by atoms with Crippen LogP contribution in [-0.2, 0) is 11.2 Å². The van der Waals surface area contributed by atoms with Crippen LogP contribution in [0, 0.1) is 5.82 Å². The van der Waals surface area contributed by atoms with E-state index in [4.69, 9.17) is 4.74 Å². The fraction of sp³-hybridized carbons (Fsp3) is 0.263. The summed E-state index contributed by atoms with van der Waals surface area (Å²) in [5, 5.41) is 5.53. The van der Waals surface area contributed by atoms with Gasteiger partial charge in [-0.05, 0) is 55.3 Å². The molecule has 2 amide bonds. The molecule has 0 aliphatic carbocycles. The Labute approximate surface area is 146 Å². The summed E-state index contributed by atoms with van der Waals surface area (Å²) in [5.41, 5.74) is 1.97. The molecule has 6 heteroatoms. The van der Waals surface area contributed by atoms with E-state index in [1.807, 2.05) is 19.1 Å². The van der Waals surface area contributed by atoms with Crippen LogP contribution in [0.3, 0.4) is 0 Å². The molecule has 2 N–H and O–H groups in total. The second-order valence-corrected chi connectivity index (χ2v) is 5.46. The smallest absolute Gasteiger partial charge is 0.251 e. The van der Waals surface area contributed by atoms with Gasteiger partial charge in [-0.2, -0.15) is 0 Å². The number of hydrogen-bond donors (Lipinski definition) is 2. The van der Waals surface area contributed by atoms with Crippen LogP contribution < -0.4 is 15.4 Å². The molecule has 0 atom stereocenters. The van der Waals surface area contributed by atoms with Crippen molar-refractivity contribution >= 4 is 17.5 Å². The number of carbonyl (C=O) groups excluding carboxylic acids is 2. The summed E-state index contributed by atoms with van der Waals surface area (Å²) in [6.45, 7) is 4.23. The van der Waals surface area contributed by atoms with Gasteiger partial charge in [0, 0.05) is 19.0 Å². The molecule has 2 aromatic carbocycles. The van der Waals surface area contributed by atoms with Crippen molar-refractivity contribution in [3.8, 4) is 5.75 Å². The Morgan fingerprint density at radius 1 is 1.12 bits per heavy atom. The first-order valence-corrected chi connectivity index (χ1v) is 8.06. The van der Waals surface area contributed by atoms with Gasteiger partial charge in [0.2, 0.25) is 5.91 Å². The fourth-order valence-corrected chi connectivity index (χ4v) is 2.33. The first-order valence-electron chi connectivity index (χ1n) is 8.06. The van der Waals surface area contributed by atoms with E-state index in [0.717, 1.165) is 5.56 Å². The number of nitrogens with one attached hydrogen (secondary N) is 2. The SMILES string of the molecule is CCOc1ccc(CCNC(=O)c2ccc(F)cc2)cc1NC(C)=O. The number of carbonyl (C=O) groups is 2. The first kappa shape index (κ1) is 18.4. The van der Waals surface area contributed by atoms with Gasteiger partial charge in [-0.15, -0.1) is 0 Å². The fourth-order valence-electron chi connectivity index (χ4n) is 2.33. The summed E-state index contributed by atoms with van der Waals surface area (Å²) in [6.07, 6.45) is 0.589. The van der Waals surface area contributed by atoms with Gasteiger partial charge in [-0.1, -0.05) is 6.07 Å². The van der Waals surface area contributed by atoms with E-state index in [-0.39, 0.29) is 17.6 Å². The molecule has 0 radical (unpaired) electrons. The Balaban J connectivity index is 1.96. The van der Waals surface area contributed by atoms with E-state index in [1.165, 1.54) is 31.2 Å². The molecule has 2 aromatic rings. The Bertz CT molecular complexity index is 745. The average molecular weight is 344 g/mol. The average Bonchev–Trinajstić information content (AvgIpc) is 2.57. The predicted octanol–water partition coefficient (Wildman–Crippen LogP) is 3.16. The molecule has 2 rings (SSSR count). The van der Waals surface area contributed by atoms with E-state index >= 15 is 0 Å². The maximum Gasteiger partial charge on any atom is 0.251 e. The van der Waals surface area contributed by atoms with E-state index in [9.17, 15) is 14.0 Å². The molecular formula is C19H21FN2O3. The van der Waals surface area contributed by atoms with Crippen molar-refractivity contribution in [2.24, 2.45) is 0 Å². The minimum Gasteiger partial charge on any atom is -0.492 e. The van der Waals surface area contributed by atoms with Crippen molar-refractivity contribution in [2.75, 3.05) is 18.5 Å². The van der Waals surface area contributed by atoms with Crippen molar-refractivity contribution in [1.29, 1.82) is 0 Å². The lowest BCUT2D eigenvalue weighted by atomic mass is 10.1. The minimum absolute atomic E-state index is 0.178. The number of rotatable bonds is 7. The zero-order valence-electron chi connectivity index (χ0n) is 14.3. The molecule has 0 aliphatic rings. The maximum atomic E-state index is 12.9. The molecule has 0 fully saturated rings. The number of anilines is 1. The normalized spacial score (nSPS) is 10.2. The van der Waals surface area contributed by atoms with Gasteiger partial charge < -0.3 is 15.4 Å². The first-order chi connectivity index (χ1) is 12.0. The van der Waals surface area contributed by atoms with E-state index < -0.39 is 0 Å². The molecule has 132 valence electrons. The summed E-state index contributed by atoms with van der Waals surface area (Å²) >= 11 is 0. The molecular weight excluding hydrogens is 323 g/mol. The van der Waals surface area contributed by atoms with Gasteiger partial charge >= 0.3 is 0 Å². The second-order valence-electron chi connectivity index (χ2n) is 5.46. The Morgan fingerprint density at radius 2 is 1.84 bits per heavy atom. The van der Waals surface area contributed by atoms with Gasteiger partial charge in [0.25, 0.3) is 5.91 Å². The van der Waals surface area contributed by atoms with Crippen LogP contribution in [0.15, 0.2) is 42.5 Å². The maximum absolute atomic E-state index is 12.9. The zero-order chi connectivity index (χ0) is 18.2. The second kappa shape index (κ2) is 8.82. The summed E-state index contributed by atoms with van der Waals surface area (Å²) in [6, 6.07) is 10.9. The monoisotopic (exact) mass is 344 g/mol. The quantitative estimate of drug-likeness (QED) is 0.811. The highest BCUT2D eigenvalue weighted by atomic mass is 19.1. The Kier molecular flexibility index (Phi) is 6.51. The third-order valence-electron chi connectivity index (χ3n) is 3.46. The summed E-state index contributed by atoms with van der Waals surface area (Å²) in [5.74, 6) is -0.205. The largest absolute Gasteiger partial charge is 0.492 e. The molecule has 0 heterocycles. The van der Waals surface area contributed by atoms with Gasteiger partial charge in [0.15, 0.2) is 0 Å². The van der Waals surface area contributed by atoms with Crippen molar-refractivity contribution < 1.29 is 18.7 Å². The topological polar surface area (TPSA) is 67.4 Å². The van der Waals surface area contributed by atoms with Gasteiger partial charge in [-0.25, -0.2) is 4.39 Å². The lowest BCUT2D eigenvalue weighted by Gasteiger charge is -2.13. The van der Waals surface area contributed by atoms with Gasteiger partial charge in [0.1, 0.15) is 11.6 Å². The lowest BCUT2D eigenvalue weighted by molar-refractivity contribution is -0.114. The molecule has 0 saturated carbocycles. The van der Waals surface area contributed by atoms with Crippen LogP contribution in [0.25, 0.3) is 0 Å². The summed E-state index contributed by atoms with van der Waals surface area (Å²) < 4.78 is 18.4. The lowest BCUT2D eigenvalue weighted by Crippen LogP contribution is -2.25. The number of amides is 2. The number of ether oxygens (including phenoxy) is 1. The van der Waals surface area contributed by atoms with E-state index in [2.05, 4.69) is 10.6 Å². The highest BCUT2D eigenvalue weighted by Gasteiger charge is 2.08. The van der Waals surface area contributed by atoms with Crippen molar-refractivity contribution in [3.05, 3.63) is 59.4 Å².